The van der Waals surface area contributed by atoms with Crippen LogP contribution in [0.5, 0.6) is 0 Å². The third kappa shape index (κ3) is 4.31. The number of rotatable bonds is 5. The second-order valence-electron chi connectivity index (χ2n) is 9.29. The highest BCUT2D eigenvalue weighted by Gasteiger charge is 2.46. The lowest BCUT2D eigenvalue weighted by molar-refractivity contribution is -0.137. The molecular weight excluding hydrogens is 443 g/mol. The van der Waals surface area contributed by atoms with Crippen LogP contribution in [-0.2, 0) is 12.6 Å². The zero-order chi connectivity index (χ0) is 23.9. The molecule has 1 aliphatic carbocycles. The van der Waals surface area contributed by atoms with Crippen LogP contribution in [-0.4, -0.2) is 43.4 Å². The molecule has 1 amide bonds. The zero-order valence-corrected chi connectivity index (χ0v) is 18.9. The molecule has 2 aliphatic rings. The van der Waals surface area contributed by atoms with Crippen LogP contribution in [0.25, 0.3) is 5.69 Å². The Morgan fingerprint density at radius 1 is 1.12 bits per heavy atom. The average Bonchev–Trinajstić information content (AvgIpc) is 3.55. The molecule has 3 aromatic rings. The number of fused-ring (bicyclic) bond motifs is 1. The number of carbonyl (C=O) groups excluding carboxylic acids is 1. The Hall–Kier alpha value is -3.23. The van der Waals surface area contributed by atoms with Crippen LogP contribution in [0.2, 0.25) is 0 Å². The molecule has 2 aromatic heterocycles. The lowest BCUT2D eigenvalue weighted by atomic mass is 9.90. The fraction of sp³-hybridized carbons (Fsp3) is 0.440. The molecule has 0 bridgehead atoms. The van der Waals surface area contributed by atoms with E-state index >= 15 is 0 Å². The number of benzene rings is 1. The summed E-state index contributed by atoms with van der Waals surface area (Å²) in [7, 11) is 0. The van der Waals surface area contributed by atoms with Gasteiger partial charge in [0.15, 0.2) is 0 Å². The summed E-state index contributed by atoms with van der Waals surface area (Å²) in [5.41, 5.74) is 2.04. The standard InChI is InChI=1S/C25H26F3N5O/c1-16-5-9-23(33-30-11-12-31-33)21(13-16)24(34)32-15-17-3-2-4-20(17)22(32)10-8-19-7-6-18(14-29-19)25(26,27)28/h5-7,9,11-14,17,20,22H,2-4,8,10,15H2,1H3. The highest BCUT2D eigenvalue weighted by Crippen LogP contribution is 2.44. The van der Waals surface area contributed by atoms with Crippen molar-refractivity contribution < 1.29 is 18.0 Å². The summed E-state index contributed by atoms with van der Waals surface area (Å²) in [6, 6.07) is 8.22. The van der Waals surface area contributed by atoms with Gasteiger partial charge in [-0.3, -0.25) is 9.78 Å². The number of hydrogen-bond acceptors (Lipinski definition) is 4. The summed E-state index contributed by atoms with van der Waals surface area (Å²) in [6.45, 7) is 2.65. The van der Waals surface area contributed by atoms with Gasteiger partial charge in [0.1, 0.15) is 0 Å². The first-order valence-electron chi connectivity index (χ1n) is 11.6. The second-order valence-corrected chi connectivity index (χ2v) is 9.29. The third-order valence-corrected chi connectivity index (χ3v) is 7.17. The lowest BCUT2D eigenvalue weighted by Crippen LogP contribution is -2.39. The molecule has 178 valence electrons. The Morgan fingerprint density at radius 3 is 2.62 bits per heavy atom. The van der Waals surface area contributed by atoms with Crippen LogP contribution in [0.4, 0.5) is 13.2 Å². The van der Waals surface area contributed by atoms with Gasteiger partial charge in [-0.2, -0.15) is 28.2 Å². The molecule has 0 N–H and O–H groups in total. The summed E-state index contributed by atoms with van der Waals surface area (Å²) >= 11 is 0. The predicted molar refractivity (Wildman–Crippen MR) is 119 cm³/mol. The molecule has 1 aliphatic heterocycles. The van der Waals surface area contributed by atoms with E-state index < -0.39 is 11.7 Å². The number of amides is 1. The minimum absolute atomic E-state index is 0.0306. The fourth-order valence-electron chi connectivity index (χ4n) is 5.55. The number of aromatic nitrogens is 4. The van der Waals surface area contributed by atoms with E-state index in [-0.39, 0.29) is 11.9 Å². The minimum Gasteiger partial charge on any atom is -0.335 e. The molecule has 1 aromatic carbocycles. The van der Waals surface area contributed by atoms with Gasteiger partial charge in [-0.15, -0.1) is 0 Å². The Bertz CT molecular complexity index is 1160. The molecule has 6 nitrogen and oxygen atoms in total. The topological polar surface area (TPSA) is 63.9 Å². The smallest absolute Gasteiger partial charge is 0.335 e. The summed E-state index contributed by atoms with van der Waals surface area (Å²) in [5.74, 6) is 0.830. The van der Waals surface area contributed by atoms with E-state index in [0.29, 0.717) is 48.2 Å². The van der Waals surface area contributed by atoms with Crippen molar-refractivity contribution in [2.24, 2.45) is 11.8 Å². The third-order valence-electron chi connectivity index (χ3n) is 7.17. The van der Waals surface area contributed by atoms with Gasteiger partial charge in [0.05, 0.1) is 29.2 Å². The first-order chi connectivity index (χ1) is 16.3. The number of carbonyl (C=O) groups is 1. The van der Waals surface area contributed by atoms with Crippen molar-refractivity contribution in [3.63, 3.8) is 0 Å². The number of nitrogens with zero attached hydrogens (tertiary/aromatic N) is 5. The van der Waals surface area contributed by atoms with Gasteiger partial charge >= 0.3 is 6.18 Å². The Balaban J connectivity index is 1.39. The maximum absolute atomic E-state index is 13.8. The van der Waals surface area contributed by atoms with Gasteiger partial charge in [-0.25, -0.2) is 0 Å². The van der Waals surface area contributed by atoms with Gasteiger partial charge in [-0.05, 0) is 68.7 Å². The monoisotopic (exact) mass is 469 g/mol. The predicted octanol–water partition coefficient (Wildman–Crippen LogP) is 4.86. The molecule has 3 heterocycles. The van der Waals surface area contributed by atoms with Crippen LogP contribution in [0.15, 0.2) is 48.9 Å². The van der Waals surface area contributed by atoms with Gasteiger partial charge < -0.3 is 4.90 Å². The van der Waals surface area contributed by atoms with Crippen molar-refractivity contribution in [1.82, 2.24) is 24.9 Å². The molecule has 3 atom stereocenters. The van der Waals surface area contributed by atoms with Crippen LogP contribution in [0, 0.1) is 18.8 Å². The van der Waals surface area contributed by atoms with Crippen LogP contribution >= 0.6 is 0 Å². The van der Waals surface area contributed by atoms with Crippen molar-refractivity contribution in [2.75, 3.05) is 6.54 Å². The number of aryl methyl sites for hydroxylation is 2. The lowest BCUT2D eigenvalue weighted by Gasteiger charge is -2.29. The minimum atomic E-state index is -4.40. The van der Waals surface area contributed by atoms with E-state index in [1.165, 1.54) is 10.9 Å². The average molecular weight is 470 g/mol. The summed E-state index contributed by atoms with van der Waals surface area (Å²) in [6.07, 6.45) is 4.17. The molecule has 0 radical (unpaired) electrons. The van der Waals surface area contributed by atoms with Crippen molar-refractivity contribution in [2.45, 2.75) is 51.2 Å². The van der Waals surface area contributed by atoms with E-state index in [1.807, 2.05) is 30.0 Å². The Morgan fingerprint density at radius 2 is 1.91 bits per heavy atom. The fourth-order valence-corrected chi connectivity index (χ4v) is 5.55. The van der Waals surface area contributed by atoms with Crippen LogP contribution in [0.3, 0.4) is 0 Å². The highest BCUT2D eigenvalue weighted by atomic mass is 19.4. The highest BCUT2D eigenvalue weighted by molar-refractivity contribution is 5.98. The molecule has 9 heteroatoms. The first-order valence-corrected chi connectivity index (χ1v) is 11.6. The summed E-state index contributed by atoms with van der Waals surface area (Å²) < 4.78 is 38.6. The van der Waals surface area contributed by atoms with E-state index in [1.54, 1.807) is 12.4 Å². The van der Waals surface area contributed by atoms with Gasteiger partial charge in [-0.1, -0.05) is 18.1 Å². The van der Waals surface area contributed by atoms with Gasteiger partial charge in [0.2, 0.25) is 0 Å². The van der Waals surface area contributed by atoms with Crippen LogP contribution in [0.1, 0.15) is 52.9 Å². The van der Waals surface area contributed by atoms with Crippen molar-refractivity contribution in [1.29, 1.82) is 0 Å². The molecule has 3 unspecified atom stereocenters. The van der Waals surface area contributed by atoms with Crippen LogP contribution < -0.4 is 0 Å². The first kappa shape index (κ1) is 22.6. The quantitative estimate of drug-likeness (QED) is 0.535. The SMILES string of the molecule is Cc1ccc(-n2nccn2)c(C(=O)N2CC3CCCC3C2CCc2ccc(C(F)(F)F)cn2)c1. The number of hydrogen-bond donors (Lipinski definition) is 0. The maximum atomic E-state index is 13.8. The molecule has 1 saturated carbocycles. The largest absolute Gasteiger partial charge is 0.417 e. The molecule has 34 heavy (non-hydrogen) atoms. The van der Waals surface area contributed by atoms with E-state index in [9.17, 15) is 18.0 Å². The number of alkyl halides is 3. The van der Waals surface area contributed by atoms with E-state index in [2.05, 4.69) is 15.2 Å². The maximum Gasteiger partial charge on any atom is 0.417 e. The Kier molecular flexibility index (Phi) is 5.87. The van der Waals surface area contributed by atoms with Crippen molar-refractivity contribution >= 4 is 5.91 Å². The van der Waals surface area contributed by atoms with Crippen molar-refractivity contribution in [3.05, 3.63) is 71.3 Å². The summed E-state index contributed by atoms with van der Waals surface area (Å²) in [4.78, 5) is 21.3. The van der Waals surface area contributed by atoms with Gasteiger partial charge in [0, 0.05) is 24.5 Å². The van der Waals surface area contributed by atoms with E-state index in [0.717, 1.165) is 37.1 Å². The zero-order valence-electron chi connectivity index (χ0n) is 18.9. The number of pyridine rings is 1. The molecule has 0 spiro atoms. The van der Waals surface area contributed by atoms with Gasteiger partial charge in [0.25, 0.3) is 5.91 Å². The Labute approximate surface area is 195 Å². The second kappa shape index (κ2) is 8.85. The van der Waals surface area contributed by atoms with Crippen molar-refractivity contribution in [3.8, 4) is 5.69 Å². The molecule has 2 fully saturated rings. The molecular formula is C25H26F3N5O. The molecule has 1 saturated heterocycles. The molecule has 5 rings (SSSR count). The number of halogens is 3. The van der Waals surface area contributed by atoms with E-state index in [4.69, 9.17) is 0 Å². The normalized spacial score (nSPS) is 22.2. The summed E-state index contributed by atoms with van der Waals surface area (Å²) in [5, 5.41) is 8.42. The number of likely N-dealkylation sites (tertiary alicyclic amines) is 1.